The molecule has 1 aliphatic heterocycles. The van der Waals surface area contributed by atoms with Gasteiger partial charge in [0.25, 0.3) is 5.91 Å². The molecule has 1 heterocycles. The van der Waals surface area contributed by atoms with Crippen LogP contribution < -0.4 is 15.4 Å². The first-order valence-corrected chi connectivity index (χ1v) is 15.9. The van der Waals surface area contributed by atoms with E-state index in [0.717, 1.165) is 27.2 Å². The Labute approximate surface area is 261 Å². The van der Waals surface area contributed by atoms with Crippen LogP contribution in [0.15, 0.2) is 89.8 Å². The number of fused-ring (bicyclic) bond motifs is 2. The highest BCUT2D eigenvalue weighted by Gasteiger charge is 2.35. The minimum atomic E-state index is -3.97. The normalized spacial score (nSPS) is 17.6. The Morgan fingerprint density at radius 2 is 1.78 bits per heavy atom. The van der Waals surface area contributed by atoms with Gasteiger partial charge in [0.05, 0.1) is 35.3 Å². The number of carbonyl (C=O) groups is 2. The molecule has 1 aliphatic rings. The van der Waals surface area contributed by atoms with Crippen LogP contribution in [0.5, 0.6) is 5.75 Å². The number of anilines is 2. The minimum absolute atomic E-state index is 0.0616. The van der Waals surface area contributed by atoms with Crippen LogP contribution in [0.4, 0.5) is 20.6 Å². The molecular formula is C33H35FN4O6S. The van der Waals surface area contributed by atoms with Gasteiger partial charge in [-0.15, -0.1) is 0 Å². The molecule has 10 nitrogen and oxygen atoms in total. The highest BCUT2D eigenvalue weighted by atomic mass is 32.2. The van der Waals surface area contributed by atoms with Crippen molar-refractivity contribution in [3.63, 3.8) is 0 Å². The highest BCUT2D eigenvalue weighted by Crippen LogP contribution is 2.31. The smallest absolute Gasteiger partial charge is 0.323 e. The number of likely N-dealkylation sites (N-methyl/N-ethyl adjacent to an activating group) is 1. The first-order valence-electron chi connectivity index (χ1n) is 14.5. The fourth-order valence-electron chi connectivity index (χ4n) is 5.28. The van der Waals surface area contributed by atoms with Crippen LogP contribution in [0.1, 0.15) is 24.2 Å². The number of hydrogen-bond donors (Lipinski definition) is 3. The summed E-state index contributed by atoms with van der Waals surface area (Å²) in [5.41, 5.74) is 1.11. The number of carbonyl (C=O) groups excluding carboxylic acids is 2. The van der Waals surface area contributed by atoms with Crippen molar-refractivity contribution in [2.45, 2.75) is 30.9 Å². The lowest BCUT2D eigenvalue weighted by Crippen LogP contribution is -2.50. The summed E-state index contributed by atoms with van der Waals surface area (Å²) in [5, 5.41) is 17.4. The number of nitrogens with one attached hydrogen (secondary N) is 2. The predicted molar refractivity (Wildman–Crippen MR) is 170 cm³/mol. The predicted octanol–water partition coefficient (Wildman–Crippen LogP) is 5.16. The Hall–Kier alpha value is -4.52. The first kappa shape index (κ1) is 31.9. The summed E-state index contributed by atoms with van der Waals surface area (Å²) >= 11 is 0. The molecule has 0 aromatic heterocycles. The fourth-order valence-corrected chi connectivity index (χ4v) is 6.46. The van der Waals surface area contributed by atoms with Crippen molar-refractivity contribution in [1.82, 2.24) is 9.21 Å². The Bertz CT molecular complexity index is 1810. The van der Waals surface area contributed by atoms with Crippen molar-refractivity contribution in [1.29, 1.82) is 0 Å². The maximum absolute atomic E-state index is 13.8. The molecular weight excluding hydrogens is 599 g/mol. The van der Waals surface area contributed by atoms with Crippen LogP contribution in [0, 0.1) is 11.7 Å². The van der Waals surface area contributed by atoms with E-state index >= 15 is 0 Å². The largest absolute Gasteiger partial charge is 0.488 e. The molecule has 5 rings (SSSR count). The van der Waals surface area contributed by atoms with Gasteiger partial charge < -0.3 is 25.4 Å². The third kappa shape index (κ3) is 6.93. The molecule has 3 N–H and O–H groups in total. The van der Waals surface area contributed by atoms with Gasteiger partial charge in [-0.05, 0) is 60.8 Å². The van der Waals surface area contributed by atoms with E-state index in [0.29, 0.717) is 11.4 Å². The number of aliphatic hydroxyl groups excluding tert-OH is 1. The zero-order valence-corrected chi connectivity index (χ0v) is 25.9. The third-order valence-corrected chi connectivity index (χ3v) is 9.76. The van der Waals surface area contributed by atoms with Crippen molar-refractivity contribution in [2.24, 2.45) is 5.92 Å². The molecule has 4 aromatic carbocycles. The number of urea groups is 1. The number of sulfonamides is 1. The summed E-state index contributed by atoms with van der Waals surface area (Å²) in [4.78, 5) is 28.2. The van der Waals surface area contributed by atoms with Crippen LogP contribution in [0.2, 0.25) is 0 Å². The Balaban J connectivity index is 1.41. The standard InChI is InChI=1S/C33H35FN4O6S/c1-21-18-38(22(2)20-39)32(40)28-17-25(35-33(41)36-29-10-6-8-23-7-4-5-9-27(23)29)13-16-30(28)44-31(21)19-37(3)45(42,43)26-14-11-24(34)12-15-26/h4-17,21-22,31,39H,18-20H2,1-3H3,(H2,35,36,41)/t21-,22+,31+/m1/s1. The zero-order chi connectivity index (χ0) is 32.3. The van der Waals surface area contributed by atoms with E-state index in [1.807, 2.05) is 43.3 Å². The summed E-state index contributed by atoms with van der Waals surface area (Å²) in [6.45, 7) is 3.37. The number of aliphatic hydroxyl groups is 1. The van der Waals surface area contributed by atoms with E-state index in [1.165, 1.54) is 30.1 Å². The van der Waals surface area contributed by atoms with E-state index in [4.69, 9.17) is 4.74 Å². The van der Waals surface area contributed by atoms with E-state index in [1.54, 1.807) is 25.1 Å². The molecule has 0 bridgehead atoms. The fraction of sp³-hybridized carbons (Fsp3) is 0.273. The van der Waals surface area contributed by atoms with Crippen molar-refractivity contribution < 1.29 is 32.2 Å². The molecule has 0 fully saturated rings. The van der Waals surface area contributed by atoms with Crippen LogP contribution in [-0.2, 0) is 10.0 Å². The summed E-state index contributed by atoms with van der Waals surface area (Å²) in [5.74, 6) is -1.08. The Morgan fingerprint density at radius 3 is 2.51 bits per heavy atom. The van der Waals surface area contributed by atoms with E-state index in [-0.39, 0.29) is 41.8 Å². The summed E-state index contributed by atoms with van der Waals surface area (Å²) < 4.78 is 47.4. The van der Waals surface area contributed by atoms with Crippen molar-refractivity contribution in [3.8, 4) is 5.75 Å². The molecule has 0 radical (unpaired) electrons. The molecule has 3 atom stereocenters. The van der Waals surface area contributed by atoms with Crippen LogP contribution in [-0.4, -0.2) is 73.6 Å². The number of benzene rings is 4. The second kappa shape index (κ2) is 13.2. The van der Waals surface area contributed by atoms with Gasteiger partial charge in [-0.3, -0.25) is 4.79 Å². The van der Waals surface area contributed by atoms with Crippen molar-refractivity contribution in [3.05, 3.63) is 96.3 Å². The van der Waals surface area contributed by atoms with Gasteiger partial charge >= 0.3 is 6.03 Å². The first-order chi connectivity index (χ1) is 21.5. The molecule has 3 amide bonds. The average molecular weight is 635 g/mol. The highest BCUT2D eigenvalue weighted by molar-refractivity contribution is 7.89. The van der Waals surface area contributed by atoms with Gasteiger partial charge in [-0.1, -0.05) is 43.3 Å². The summed E-state index contributed by atoms with van der Waals surface area (Å²) in [6, 6.07) is 21.4. The molecule has 0 unspecified atom stereocenters. The monoisotopic (exact) mass is 634 g/mol. The SMILES string of the molecule is C[C@@H]1CN([C@@H](C)CO)C(=O)c2cc(NC(=O)Nc3cccc4ccccc34)ccc2O[C@H]1CN(C)S(=O)(=O)c1ccc(F)cc1. The van der Waals surface area contributed by atoms with Gasteiger partial charge in [0.1, 0.15) is 17.7 Å². The van der Waals surface area contributed by atoms with E-state index in [9.17, 15) is 27.5 Å². The second-order valence-corrected chi connectivity index (χ2v) is 13.2. The third-order valence-electron chi connectivity index (χ3n) is 7.92. The number of rotatable bonds is 8. The number of nitrogens with zero attached hydrogens (tertiary/aromatic N) is 2. The quantitative estimate of drug-likeness (QED) is 0.246. The molecule has 12 heteroatoms. The molecule has 0 saturated heterocycles. The number of ether oxygens (including phenoxy) is 1. The molecule has 236 valence electrons. The lowest BCUT2D eigenvalue weighted by atomic mass is 9.99. The molecule has 0 saturated carbocycles. The molecule has 0 aliphatic carbocycles. The molecule has 4 aromatic rings. The number of amides is 3. The van der Waals surface area contributed by atoms with Crippen LogP contribution >= 0.6 is 0 Å². The van der Waals surface area contributed by atoms with Gasteiger partial charge in [-0.25, -0.2) is 17.6 Å². The second-order valence-electron chi connectivity index (χ2n) is 11.2. The van der Waals surface area contributed by atoms with Crippen LogP contribution in [0.3, 0.4) is 0 Å². The van der Waals surface area contributed by atoms with Crippen molar-refractivity contribution >= 4 is 44.1 Å². The Morgan fingerprint density at radius 1 is 1.07 bits per heavy atom. The lowest BCUT2D eigenvalue weighted by molar-refractivity contribution is 0.0387. The topological polar surface area (TPSA) is 128 Å². The summed E-state index contributed by atoms with van der Waals surface area (Å²) in [7, 11) is -2.56. The lowest BCUT2D eigenvalue weighted by Gasteiger charge is -2.38. The van der Waals surface area contributed by atoms with Crippen molar-refractivity contribution in [2.75, 3.05) is 37.4 Å². The molecule has 0 spiro atoms. The Kier molecular flexibility index (Phi) is 9.37. The molecule has 45 heavy (non-hydrogen) atoms. The number of hydrogen-bond acceptors (Lipinski definition) is 6. The average Bonchev–Trinajstić information content (AvgIpc) is 3.03. The number of halogens is 1. The maximum Gasteiger partial charge on any atom is 0.323 e. The van der Waals surface area contributed by atoms with Gasteiger partial charge in [0.15, 0.2) is 0 Å². The van der Waals surface area contributed by atoms with Gasteiger partial charge in [-0.2, -0.15) is 4.31 Å². The van der Waals surface area contributed by atoms with E-state index < -0.39 is 39.9 Å². The van der Waals surface area contributed by atoms with E-state index in [2.05, 4.69) is 10.6 Å². The van der Waals surface area contributed by atoms with Gasteiger partial charge in [0, 0.05) is 30.6 Å². The zero-order valence-electron chi connectivity index (χ0n) is 25.1. The van der Waals surface area contributed by atoms with Gasteiger partial charge in [0.2, 0.25) is 10.0 Å². The maximum atomic E-state index is 13.8. The minimum Gasteiger partial charge on any atom is -0.488 e. The summed E-state index contributed by atoms with van der Waals surface area (Å²) in [6.07, 6.45) is -0.695. The van der Waals surface area contributed by atoms with Crippen LogP contribution in [0.25, 0.3) is 10.8 Å².